The summed E-state index contributed by atoms with van der Waals surface area (Å²) in [4.78, 5) is 11.7. The van der Waals surface area contributed by atoms with Crippen LogP contribution in [0, 0.1) is 0 Å². The average molecular weight is 272 g/mol. The first-order valence-electron chi connectivity index (χ1n) is 5.66. The minimum atomic E-state index is -1.06. The summed E-state index contributed by atoms with van der Waals surface area (Å²) < 4.78 is 4.85. The molecule has 0 aliphatic carbocycles. The quantitative estimate of drug-likeness (QED) is 0.822. The van der Waals surface area contributed by atoms with Gasteiger partial charge in [0.15, 0.2) is 0 Å². The van der Waals surface area contributed by atoms with Gasteiger partial charge in [0.05, 0.1) is 13.0 Å². The van der Waals surface area contributed by atoms with Crippen LogP contribution in [0.25, 0.3) is 0 Å². The van der Waals surface area contributed by atoms with Gasteiger partial charge in [-0.2, -0.15) is 0 Å². The van der Waals surface area contributed by atoms with Crippen LogP contribution in [-0.2, 0) is 16.0 Å². The van der Waals surface area contributed by atoms with E-state index >= 15 is 0 Å². The average Bonchev–Trinajstić information content (AvgIpc) is 2.30. The lowest BCUT2D eigenvalue weighted by molar-refractivity contribution is -0.122. The Kier molecular flexibility index (Phi) is 5.59. The van der Waals surface area contributed by atoms with Crippen molar-refractivity contribution in [2.24, 2.45) is 0 Å². The largest absolute Gasteiger partial charge is 0.386 e. The Bertz CT molecular complexity index is 407. The van der Waals surface area contributed by atoms with Crippen LogP contribution < -0.4 is 5.32 Å². The minimum Gasteiger partial charge on any atom is -0.386 e. The number of halogens is 1. The lowest BCUT2D eigenvalue weighted by Crippen LogP contribution is -2.44. The van der Waals surface area contributed by atoms with Crippen LogP contribution >= 0.6 is 11.6 Å². The molecule has 2 N–H and O–H groups in total. The number of nitrogens with one attached hydrogen (secondary N) is 1. The fourth-order valence-corrected chi connectivity index (χ4v) is 1.73. The number of methoxy groups -OCH3 is 1. The van der Waals surface area contributed by atoms with E-state index in [2.05, 4.69) is 5.32 Å². The summed E-state index contributed by atoms with van der Waals surface area (Å²) in [5, 5.41) is 13.0. The number of hydrogen-bond donors (Lipinski definition) is 2. The van der Waals surface area contributed by atoms with Crippen LogP contribution in [0.2, 0.25) is 5.02 Å². The number of ether oxygens (including phenoxy) is 1. The van der Waals surface area contributed by atoms with Crippen LogP contribution in [0.1, 0.15) is 12.5 Å². The lowest BCUT2D eigenvalue weighted by Gasteiger charge is -2.22. The van der Waals surface area contributed by atoms with Crippen LogP contribution in [0.4, 0.5) is 0 Å². The van der Waals surface area contributed by atoms with Gasteiger partial charge in [0.25, 0.3) is 0 Å². The SMILES string of the molecule is COCC(C)(O)CNC(=O)Cc1ccccc1Cl. The lowest BCUT2D eigenvalue weighted by atomic mass is 10.1. The fraction of sp³-hybridized carbons (Fsp3) is 0.462. The number of hydrogen-bond acceptors (Lipinski definition) is 3. The first kappa shape index (κ1) is 15.0. The van der Waals surface area contributed by atoms with Gasteiger partial charge in [-0.05, 0) is 18.6 Å². The summed E-state index contributed by atoms with van der Waals surface area (Å²) in [6, 6.07) is 7.18. The Morgan fingerprint density at radius 2 is 2.17 bits per heavy atom. The minimum absolute atomic E-state index is 0.143. The van der Waals surface area contributed by atoms with Crippen LogP contribution in [0.5, 0.6) is 0 Å². The molecule has 1 atom stereocenters. The molecule has 1 rings (SSSR count). The van der Waals surface area contributed by atoms with Gasteiger partial charge in [0.1, 0.15) is 5.60 Å². The highest BCUT2D eigenvalue weighted by molar-refractivity contribution is 6.31. The molecule has 0 heterocycles. The maximum Gasteiger partial charge on any atom is 0.224 e. The number of carbonyl (C=O) groups is 1. The van der Waals surface area contributed by atoms with Crippen molar-refractivity contribution in [3.05, 3.63) is 34.9 Å². The van der Waals surface area contributed by atoms with Crippen molar-refractivity contribution in [1.82, 2.24) is 5.32 Å². The van der Waals surface area contributed by atoms with Crippen LogP contribution in [0.3, 0.4) is 0 Å². The molecule has 0 aromatic heterocycles. The maximum absolute atomic E-state index is 11.7. The van der Waals surface area contributed by atoms with E-state index in [4.69, 9.17) is 16.3 Å². The standard InChI is InChI=1S/C13H18ClNO3/c1-13(17,9-18-2)8-15-12(16)7-10-5-3-4-6-11(10)14/h3-6,17H,7-9H2,1-2H3,(H,15,16). The van der Waals surface area contributed by atoms with Gasteiger partial charge in [0.2, 0.25) is 5.91 Å². The van der Waals surface area contributed by atoms with Crippen molar-refractivity contribution >= 4 is 17.5 Å². The molecule has 1 aromatic carbocycles. The molecule has 0 saturated heterocycles. The molecule has 1 unspecified atom stereocenters. The van der Waals surface area contributed by atoms with Crippen LogP contribution in [-0.4, -0.2) is 36.9 Å². The number of aliphatic hydroxyl groups is 1. The Labute approximate surface area is 112 Å². The van der Waals surface area contributed by atoms with E-state index in [0.29, 0.717) is 5.02 Å². The predicted molar refractivity (Wildman–Crippen MR) is 70.7 cm³/mol. The number of rotatable bonds is 6. The third-order valence-electron chi connectivity index (χ3n) is 2.43. The molecule has 0 aliphatic rings. The second-order valence-corrected chi connectivity index (χ2v) is 4.88. The molecule has 0 bridgehead atoms. The molecule has 0 fully saturated rings. The molecule has 5 heteroatoms. The van der Waals surface area contributed by atoms with Gasteiger partial charge in [-0.1, -0.05) is 29.8 Å². The Morgan fingerprint density at radius 3 is 2.78 bits per heavy atom. The van der Waals surface area contributed by atoms with Gasteiger partial charge >= 0.3 is 0 Å². The highest BCUT2D eigenvalue weighted by atomic mass is 35.5. The smallest absolute Gasteiger partial charge is 0.224 e. The van der Waals surface area contributed by atoms with Gasteiger partial charge < -0.3 is 15.2 Å². The van der Waals surface area contributed by atoms with Crippen molar-refractivity contribution in [2.75, 3.05) is 20.3 Å². The first-order chi connectivity index (χ1) is 8.44. The van der Waals surface area contributed by atoms with E-state index in [1.807, 2.05) is 12.1 Å². The Hall–Kier alpha value is -1.10. The third-order valence-corrected chi connectivity index (χ3v) is 2.80. The van der Waals surface area contributed by atoms with Crippen molar-refractivity contribution in [3.63, 3.8) is 0 Å². The topological polar surface area (TPSA) is 58.6 Å². The molecule has 1 aromatic rings. The van der Waals surface area contributed by atoms with E-state index in [1.165, 1.54) is 7.11 Å². The highest BCUT2D eigenvalue weighted by Crippen LogP contribution is 2.15. The molecule has 18 heavy (non-hydrogen) atoms. The van der Waals surface area contributed by atoms with E-state index in [-0.39, 0.29) is 25.5 Å². The number of amides is 1. The van der Waals surface area contributed by atoms with E-state index < -0.39 is 5.60 Å². The predicted octanol–water partition coefficient (Wildman–Crippen LogP) is 1.40. The summed E-state index contributed by atoms with van der Waals surface area (Å²) in [6.07, 6.45) is 0.197. The zero-order valence-corrected chi connectivity index (χ0v) is 11.3. The molecule has 1 amide bonds. The zero-order valence-electron chi connectivity index (χ0n) is 10.6. The molecule has 0 radical (unpaired) electrons. The molecular formula is C13H18ClNO3. The first-order valence-corrected chi connectivity index (χ1v) is 6.04. The van der Waals surface area contributed by atoms with Crippen molar-refractivity contribution in [1.29, 1.82) is 0 Å². The van der Waals surface area contributed by atoms with Crippen molar-refractivity contribution in [2.45, 2.75) is 18.9 Å². The van der Waals surface area contributed by atoms with Gasteiger partial charge in [-0.15, -0.1) is 0 Å². The summed E-state index contributed by atoms with van der Waals surface area (Å²) in [5.74, 6) is -0.181. The summed E-state index contributed by atoms with van der Waals surface area (Å²) in [5.41, 5.74) is -0.298. The number of carbonyl (C=O) groups excluding carboxylic acids is 1. The van der Waals surface area contributed by atoms with Crippen molar-refractivity contribution < 1.29 is 14.6 Å². The van der Waals surface area contributed by atoms with E-state index in [0.717, 1.165) is 5.56 Å². The second-order valence-electron chi connectivity index (χ2n) is 4.47. The molecule has 4 nitrogen and oxygen atoms in total. The highest BCUT2D eigenvalue weighted by Gasteiger charge is 2.21. The monoisotopic (exact) mass is 271 g/mol. The van der Waals surface area contributed by atoms with Gasteiger partial charge in [-0.25, -0.2) is 0 Å². The fourth-order valence-electron chi connectivity index (χ4n) is 1.53. The van der Waals surface area contributed by atoms with E-state index in [9.17, 15) is 9.90 Å². The molecule has 0 saturated carbocycles. The molecule has 0 aliphatic heterocycles. The van der Waals surface area contributed by atoms with Crippen molar-refractivity contribution in [3.8, 4) is 0 Å². The Morgan fingerprint density at radius 1 is 1.50 bits per heavy atom. The number of benzene rings is 1. The molecule has 100 valence electrons. The second kappa shape index (κ2) is 6.73. The summed E-state index contributed by atoms with van der Waals surface area (Å²) in [7, 11) is 1.50. The molecule has 0 spiro atoms. The summed E-state index contributed by atoms with van der Waals surface area (Å²) in [6.45, 7) is 1.91. The van der Waals surface area contributed by atoms with E-state index in [1.54, 1.807) is 19.1 Å². The third kappa shape index (κ3) is 5.04. The Balaban J connectivity index is 2.46. The normalized spacial score (nSPS) is 14.0. The summed E-state index contributed by atoms with van der Waals surface area (Å²) >= 11 is 5.96. The van der Waals surface area contributed by atoms with Crippen LogP contribution in [0.15, 0.2) is 24.3 Å². The molecular weight excluding hydrogens is 254 g/mol. The van der Waals surface area contributed by atoms with Gasteiger partial charge in [-0.3, -0.25) is 4.79 Å². The maximum atomic E-state index is 11.7. The van der Waals surface area contributed by atoms with Gasteiger partial charge in [0, 0.05) is 18.7 Å². The zero-order chi connectivity index (χ0) is 13.6.